The summed E-state index contributed by atoms with van der Waals surface area (Å²) < 4.78 is 4.87. The van der Waals surface area contributed by atoms with Crippen molar-refractivity contribution < 1.29 is 9.32 Å². The minimum Gasteiger partial charge on any atom is -0.361 e. The van der Waals surface area contributed by atoms with Crippen molar-refractivity contribution in [3.63, 3.8) is 0 Å². The first-order chi connectivity index (χ1) is 7.25. The van der Waals surface area contributed by atoms with Crippen LogP contribution in [0.1, 0.15) is 21.9 Å². The van der Waals surface area contributed by atoms with Gasteiger partial charge in [0.2, 0.25) is 0 Å². The molecule has 0 atom stereocenters. The zero-order chi connectivity index (χ0) is 10.7. The van der Waals surface area contributed by atoms with Crippen molar-refractivity contribution in [2.75, 3.05) is 0 Å². The van der Waals surface area contributed by atoms with Crippen LogP contribution < -0.4 is 5.32 Å². The minimum atomic E-state index is -0.197. The third-order valence-corrected chi connectivity index (χ3v) is 2.36. The molecule has 2 aromatic heterocycles. The van der Waals surface area contributed by atoms with E-state index in [9.17, 15) is 4.79 Å². The van der Waals surface area contributed by atoms with Crippen LogP contribution in [0.25, 0.3) is 0 Å². The molecule has 0 aliphatic rings. The van der Waals surface area contributed by atoms with Gasteiger partial charge in [-0.3, -0.25) is 4.79 Å². The van der Waals surface area contributed by atoms with E-state index >= 15 is 0 Å². The fraction of sp³-hybridized carbons (Fsp3) is 0.222. The molecule has 0 aliphatic heterocycles. The predicted molar refractivity (Wildman–Crippen MR) is 54.5 cm³/mol. The first kappa shape index (κ1) is 9.85. The number of aryl methyl sites for hydroxylation is 1. The van der Waals surface area contributed by atoms with Gasteiger partial charge < -0.3 is 9.84 Å². The molecule has 6 heteroatoms. The molecule has 0 radical (unpaired) electrons. The van der Waals surface area contributed by atoms with Gasteiger partial charge in [0, 0.05) is 11.4 Å². The molecule has 78 valence electrons. The van der Waals surface area contributed by atoms with Gasteiger partial charge in [-0.05, 0) is 6.92 Å². The van der Waals surface area contributed by atoms with E-state index in [1.54, 1.807) is 23.9 Å². The number of carbonyl (C=O) groups is 1. The van der Waals surface area contributed by atoms with Gasteiger partial charge >= 0.3 is 0 Å². The zero-order valence-corrected chi connectivity index (χ0v) is 8.87. The number of amides is 1. The van der Waals surface area contributed by atoms with Crippen molar-refractivity contribution in [1.82, 2.24) is 15.5 Å². The summed E-state index contributed by atoms with van der Waals surface area (Å²) in [5.74, 6) is 0.532. The molecule has 0 aromatic carbocycles. The Kier molecular flexibility index (Phi) is 2.77. The fourth-order valence-electron chi connectivity index (χ4n) is 1.09. The van der Waals surface area contributed by atoms with Crippen molar-refractivity contribution in [2.24, 2.45) is 0 Å². The highest BCUT2D eigenvalue weighted by molar-refractivity contribution is 7.07. The van der Waals surface area contributed by atoms with E-state index in [4.69, 9.17) is 4.52 Å². The van der Waals surface area contributed by atoms with Crippen LogP contribution in [-0.2, 0) is 6.54 Å². The Morgan fingerprint density at radius 2 is 2.53 bits per heavy atom. The van der Waals surface area contributed by atoms with Crippen LogP contribution >= 0.6 is 11.3 Å². The third kappa shape index (κ3) is 2.41. The number of nitrogens with one attached hydrogen (secondary N) is 1. The second-order valence-electron chi connectivity index (χ2n) is 2.99. The summed E-state index contributed by atoms with van der Waals surface area (Å²) >= 11 is 1.39. The lowest BCUT2D eigenvalue weighted by Gasteiger charge is -1.98. The molecule has 2 heterocycles. The quantitative estimate of drug-likeness (QED) is 0.853. The van der Waals surface area contributed by atoms with Crippen LogP contribution in [0.2, 0.25) is 0 Å². The number of rotatable bonds is 3. The van der Waals surface area contributed by atoms with Crippen LogP contribution in [0, 0.1) is 6.92 Å². The molecule has 2 rings (SSSR count). The molecular weight excluding hydrogens is 214 g/mol. The lowest BCUT2D eigenvalue weighted by Crippen LogP contribution is -2.23. The van der Waals surface area contributed by atoms with Crippen molar-refractivity contribution in [3.8, 4) is 0 Å². The summed E-state index contributed by atoms with van der Waals surface area (Å²) in [4.78, 5) is 15.4. The van der Waals surface area contributed by atoms with E-state index in [1.807, 2.05) is 0 Å². The predicted octanol–water partition coefficient (Wildman–Crippen LogP) is 1.37. The van der Waals surface area contributed by atoms with Gasteiger partial charge in [-0.2, -0.15) is 0 Å². The maximum Gasteiger partial charge on any atom is 0.271 e. The molecule has 2 aromatic rings. The first-order valence-corrected chi connectivity index (χ1v) is 5.28. The van der Waals surface area contributed by atoms with Crippen molar-refractivity contribution >= 4 is 17.2 Å². The Bertz CT molecular complexity index is 450. The number of hydrogen-bond acceptors (Lipinski definition) is 5. The number of hydrogen-bond donors (Lipinski definition) is 1. The Hall–Kier alpha value is -1.69. The number of thiazole rings is 1. The van der Waals surface area contributed by atoms with E-state index in [0.717, 1.165) is 5.76 Å². The Balaban J connectivity index is 1.91. The molecule has 0 unspecified atom stereocenters. The number of aromatic nitrogens is 2. The second kappa shape index (κ2) is 4.22. The lowest BCUT2D eigenvalue weighted by atomic mass is 10.3. The average Bonchev–Trinajstić information content (AvgIpc) is 2.84. The molecule has 0 spiro atoms. The molecule has 15 heavy (non-hydrogen) atoms. The summed E-state index contributed by atoms with van der Waals surface area (Å²) in [6.45, 7) is 2.16. The van der Waals surface area contributed by atoms with Crippen LogP contribution in [0.5, 0.6) is 0 Å². The molecule has 0 fully saturated rings. The molecule has 0 saturated heterocycles. The minimum absolute atomic E-state index is 0.197. The summed E-state index contributed by atoms with van der Waals surface area (Å²) in [6, 6.07) is 1.78. The Labute approximate surface area is 90.1 Å². The van der Waals surface area contributed by atoms with Crippen LogP contribution in [0.15, 0.2) is 21.5 Å². The average molecular weight is 223 g/mol. The van der Waals surface area contributed by atoms with Gasteiger partial charge in [0.25, 0.3) is 5.91 Å². The van der Waals surface area contributed by atoms with E-state index < -0.39 is 0 Å². The topological polar surface area (TPSA) is 68.0 Å². The normalized spacial score (nSPS) is 10.2. The summed E-state index contributed by atoms with van der Waals surface area (Å²) in [6.07, 6.45) is 0. The van der Waals surface area contributed by atoms with Gasteiger partial charge in [-0.15, -0.1) is 11.3 Å². The molecule has 0 saturated carbocycles. The molecule has 5 nitrogen and oxygen atoms in total. The Morgan fingerprint density at radius 3 is 3.13 bits per heavy atom. The molecule has 0 bridgehead atoms. The number of carbonyl (C=O) groups excluding carboxylic acids is 1. The smallest absolute Gasteiger partial charge is 0.271 e. The SMILES string of the molecule is Cc1cc(CNC(=O)c2cscn2)no1. The maximum atomic E-state index is 11.5. The van der Waals surface area contributed by atoms with Crippen LogP contribution in [-0.4, -0.2) is 16.0 Å². The van der Waals surface area contributed by atoms with E-state index in [1.165, 1.54) is 11.3 Å². The highest BCUT2D eigenvalue weighted by Crippen LogP contribution is 2.03. The molecule has 1 N–H and O–H groups in total. The third-order valence-electron chi connectivity index (χ3n) is 1.77. The van der Waals surface area contributed by atoms with Gasteiger partial charge in [0.1, 0.15) is 17.1 Å². The van der Waals surface area contributed by atoms with Gasteiger partial charge in [-0.1, -0.05) is 5.16 Å². The van der Waals surface area contributed by atoms with Crippen LogP contribution in [0.4, 0.5) is 0 Å². The van der Waals surface area contributed by atoms with E-state index in [2.05, 4.69) is 15.5 Å². The lowest BCUT2D eigenvalue weighted by molar-refractivity contribution is 0.0946. The highest BCUT2D eigenvalue weighted by Gasteiger charge is 2.08. The largest absolute Gasteiger partial charge is 0.361 e. The van der Waals surface area contributed by atoms with Crippen molar-refractivity contribution in [2.45, 2.75) is 13.5 Å². The monoisotopic (exact) mass is 223 g/mol. The second-order valence-corrected chi connectivity index (χ2v) is 3.70. The standard InChI is InChI=1S/C9H9N3O2S/c1-6-2-7(12-14-6)3-10-9(13)8-4-15-5-11-8/h2,4-5H,3H2,1H3,(H,10,13). The van der Waals surface area contributed by atoms with Crippen LogP contribution in [0.3, 0.4) is 0 Å². The zero-order valence-electron chi connectivity index (χ0n) is 8.06. The molecule has 0 aliphatic carbocycles. The van der Waals surface area contributed by atoms with Gasteiger partial charge in [0.05, 0.1) is 12.1 Å². The van der Waals surface area contributed by atoms with Gasteiger partial charge in [-0.25, -0.2) is 4.98 Å². The molecular formula is C9H9N3O2S. The van der Waals surface area contributed by atoms with E-state index in [0.29, 0.717) is 17.9 Å². The van der Waals surface area contributed by atoms with Crippen molar-refractivity contribution in [3.05, 3.63) is 34.1 Å². The molecule has 1 amide bonds. The van der Waals surface area contributed by atoms with Crippen molar-refractivity contribution in [1.29, 1.82) is 0 Å². The first-order valence-electron chi connectivity index (χ1n) is 4.34. The van der Waals surface area contributed by atoms with E-state index in [-0.39, 0.29) is 5.91 Å². The maximum absolute atomic E-state index is 11.5. The van der Waals surface area contributed by atoms with Gasteiger partial charge in [0.15, 0.2) is 0 Å². The fourth-order valence-corrected chi connectivity index (χ4v) is 1.62. The highest BCUT2D eigenvalue weighted by atomic mass is 32.1. The Morgan fingerprint density at radius 1 is 1.67 bits per heavy atom. The summed E-state index contributed by atoms with van der Waals surface area (Å²) in [5, 5.41) is 8.16. The number of nitrogens with zero attached hydrogens (tertiary/aromatic N) is 2. The summed E-state index contributed by atoms with van der Waals surface area (Å²) in [5.41, 5.74) is 2.76. The summed E-state index contributed by atoms with van der Waals surface area (Å²) in [7, 11) is 0.